The van der Waals surface area contributed by atoms with Crippen molar-refractivity contribution in [1.29, 1.82) is 10.7 Å². The van der Waals surface area contributed by atoms with Gasteiger partial charge in [0.2, 0.25) is 5.90 Å². The number of halogens is 1. The molecule has 4 rings (SSSR count). The van der Waals surface area contributed by atoms with Crippen LogP contribution in [-0.2, 0) is 0 Å². The Kier molecular flexibility index (Phi) is 5.55. The molecular weight excluding hydrogens is 489 g/mol. The van der Waals surface area contributed by atoms with E-state index in [-0.39, 0.29) is 17.6 Å². The molecule has 30 heavy (non-hydrogen) atoms. The molecule has 2 N–H and O–H groups in total. The minimum Gasteiger partial charge on any atom is -0.507 e. The van der Waals surface area contributed by atoms with Gasteiger partial charge in [0.25, 0.3) is 0 Å². The number of aliphatic imine (C=N–C) groups is 1. The average Bonchev–Trinajstić information content (AvgIpc) is 2.72. The van der Waals surface area contributed by atoms with Gasteiger partial charge < -0.3 is 9.84 Å². The Morgan fingerprint density at radius 3 is 2.63 bits per heavy atom. The number of rotatable bonds is 3. The fraction of sp³-hybridized carbons (Fsp3) is 0.125. The van der Waals surface area contributed by atoms with Gasteiger partial charge in [-0.05, 0) is 65.4 Å². The standard InChI is InChI=1S/C24H18IN3O2/c1-14-5-7-18(8-6-14)28-13-16-10-19-22(11-21(16)29)30-24(27)20(12-26)23(19)15-3-2-4-17(25)9-15/h2-11,13,20,23,27,29H,1H3. The largest absolute Gasteiger partial charge is 0.507 e. The lowest BCUT2D eigenvalue weighted by molar-refractivity contribution is 0.435. The number of phenols is 1. The van der Waals surface area contributed by atoms with Crippen LogP contribution >= 0.6 is 22.6 Å². The smallest absolute Gasteiger partial charge is 0.205 e. The van der Waals surface area contributed by atoms with Crippen molar-refractivity contribution in [2.24, 2.45) is 10.9 Å². The second-order valence-electron chi connectivity index (χ2n) is 7.15. The van der Waals surface area contributed by atoms with Crippen LogP contribution in [0.25, 0.3) is 0 Å². The predicted molar refractivity (Wildman–Crippen MR) is 125 cm³/mol. The Bertz CT molecular complexity index is 1200. The maximum absolute atomic E-state index is 10.5. The van der Waals surface area contributed by atoms with E-state index in [2.05, 4.69) is 33.7 Å². The number of phenolic OH excluding ortho intramolecular Hbond substituents is 1. The molecule has 148 valence electrons. The summed E-state index contributed by atoms with van der Waals surface area (Å²) in [7, 11) is 0. The van der Waals surface area contributed by atoms with E-state index in [1.54, 1.807) is 12.3 Å². The van der Waals surface area contributed by atoms with Gasteiger partial charge in [-0.3, -0.25) is 10.4 Å². The number of fused-ring (bicyclic) bond motifs is 1. The molecule has 1 aliphatic heterocycles. The highest BCUT2D eigenvalue weighted by molar-refractivity contribution is 14.1. The molecule has 2 unspecified atom stereocenters. The molecule has 0 radical (unpaired) electrons. The molecule has 0 bridgehead atoms. The fourth-order valence-electron chi connectivity index (χ4n) is 3.53. The predicted octanol–water partition coefficient (Wildman–Crippen LogP) is 5.70. The molecule has 6 heteroatoms. The van der Waals surface area contributed by atoms with E-state index in [1.165, 1.54) is 6.07 Å². The Balaban J connectivity index is 1.81. The van der Waals surface area contributed by atoms with Gasteiger partial charge in [0, 0.05) is 32.9 Å². The Morgan fingerprint density at radius 1 is 1.17 bits per heavy atom. The van der Waals surface area contributed by atoms with Gasteiger partial charge in [-0.2, -0.15) is 5.26 Å². The third kappa shape index (κ3) is 3.94. The Labute approximate surface area is 188 Å². The van der Waals surface area contributed by atoms with Crippen molar-refractivity contribution < 1.29 is 9.84 Å². The van der Waals surface area contributed by atoms with E-state index >= 15 is 0 Å². The molecule has 0 aromatic heterocycles. The number of nitrogens with zero attached hydrogens (tertiary/aromatic N) is 2. The number of ether oxygens (including phenoxy) is 1. The van der Waals surface area contributed by atoms with Crippen LogP contribution in [0.15, 0.2) is 65.7 Å². The van der Waals surface area contributed by atoms with Crippen molar-refractivity contribution >= 4 is 40.4 Å². The molecule has 1 heterocycles. The summed E-state index contributed by atoms with van der Waals surface area (Å²) >= 11 is 2.23. The monoisotopic (exact) mass is 507 g/mol. The van der Waals surface area contributed by atoms with Crippen molar-refractivity contribution in [2.75, 3.05) is 0 Å². The number of aromatic hydroxyl groups is 1. The maximum Gasteiger partial charge on any atom is 0.205 e. The average molecular weight is 507 g/mol. The van der Waals surface area contributed by atoms with Crippen LogP contribution in [-0.4, -0.2) is 17.2 Å². The van der Waals surface area contributed by atoms with E-state index in [0.29, 0.717) is 11.3 Å². The first-order chi connectivity index (χ1) is 14.5. The fourth-order valence-corrected chi connectivity index (χ4v) is 4.10. The van der Waals surface area contributed by atoms with Gasteiger partial charge in [-0.25, -0.2) is 0 Å². The molecule has 0 saturated heterocycles. The number of aryl methyl sites for hydroxylation is 1. The third-order valence-electron chi connectivity index (χ3n) is 5.06. The number of hydrogen-bond donors (Lipinski definition) is 2. The van der Waals surface area contributed by atoms with Crippen LogP contribution in [0.4, 0.5) is 5.69 Å². The van der Waals surface area contributed by atoms with Gasteiger partial charge in [-0.1, -0.05) is 29.8 Å². The number of nitrogens with one attached hydrogen (secondary N) is 1. The molecule has 3 aromatic rings. The molecule has 2 atom stereocenters. The van der Waals surface area contributed by atoms with Gasteiger partial charge in [0.05, 0.1) is 11.8 Å². The highest BCUT2D eigenvalue weighted by Crippen LogP contribution is 2.44. The molecule has 0 amide bonds. The van der Waals surface area contributed by atoms with E-state index < -0.39 is 5.92 Å². The minimum absolute atomic E-state index is 0.00853. The number of hydrogen-bond acceptors (Lipinski definition) is 5. The van der Waals surface area contributed by atoms with E-state index in [0.717, 1.165) is 25.9 Å². The highest BCUT2D eigenvalue weighted by atomic mass is 127. The minimum atomic E-state index is -0.748. The third-order valence-corrected chi connectivity index (χ3v) is 5.73. The van der Waals surface area contributed by atoms with E-state index in [9.17, 15) is 10.4 Å². The number of benzene rings is 3. The first-order valence-corrected chi connectivity index (χ1v) is 10.4. The summed E-state index contributed by atoms with van der Waals surface area (Å²) in [6.45, 7) is 2.01. The van der Waals surface area contributed by atoms with Crippen LogP contribution in [0.3, 0.4) is 0 Å². The molecule has 5 nitrogen and oxygen atoms in total. The molecule has 0 fully saturated rings. The van der Waals surface area contributed by atoms with Gasteiger partial charge in [0.15, 0.2) is 0 Å². The summed E-state index contributed by atoms with van der Waals surface area (Å²) in [6.07, 6.45) is 1.60. The molecule has 0 saturated carbocycles. The van der Waals surface area contributed by atoms with Crippen molar-refractivity contribution in [2.45, 2.75) is 12.8 Å². The first kappa shape index (κ1) is 20.1. The zero-order valence-corrected chi connectivity index (χ0v) is 18.3. The lowest BCUT2D eigenvalue weighted by Gasteiger charge is -2.30. The first-order valence-electron chi connectivity index (χ1n) is 9.35. The van der Waals surface area contributed by atoms with Crippen LogP contribution in [0, 0.1) is 33.2 Å². The zero-order chi connectivity index (χ0) is 21.3. The van der Waals surface area contributed by atoms with Gasteiger partial charge in [-0.15, -0.1) is 0 Å². The molecule has 0 spiro atoms. The van der Waals surface area contributed by atoms with Gasteiger partial charge in [0.1, 0.15) is 17.4 Å². The van der Waals surface area contributed by atoms with Crippen molar-refractivity contribution in [3.8, 4) is 17.6 Å². The molecule has 1 aliphatic rings. The van der Waals surface area contributed by atoms with Crippen LogP contribution in [0.1, 0.15) is 28.2 Å². The van der Waals surface area contributed by atoms with E-state index in [1.807, 2.05) is 55.5 Å². The van der Waals surface area contributed by atoms with Crippen LogP contribution in [0.2, 0.25) is 0 Å². The summed E-state index contributed by atoms with van der Waals surface area (Å²) in [5.41, 5.74) is 4.13. The summed E-state index contributed by atoms with van der Waals surface area (Å²) < 4.78 is 6.63. The van der Waals surface area contributed by atoms with Crippen LogP contribution in [0.5, 0.6) is 11.5 Å². The topological polar surface area (TPSA) is 89.5 Å². The lowest BCUT2D eigenvalue weighted by Crippen LogP contribution is -2.31. The SMILES string of the molecule is Cc1ccc(N=Cc2cc3c(cc2O)OC(=N)C(C#N)C3c2cccc(I)c2)cc1. The molecule has 3 aromatic carbocycles. The summed E-state index contributed by atoms with van der Waals surface area (Å²) in [4.78, 5) is 4.46. The Hall–Kier alpha value is -3.18. The van der Waals surface area contributed by atoms with Crippen molar-refractivity contribution in [3.05, 3.63) is 86.5 Å². The second kappa shape index (κ2) is 8.28. The quantitative estimate of drug-likeness (QED) is 0.352. The molecule has 0 aliphatic carbocycles. The molecular formula is C24H18IN3O2. The summed E-state index contributed by atoms with van der Waals surface area (Å²) in [5.74, 6) is -0.834. The maximum atomic E-state index is 10.5. The number of nitriles is 1. The van der Waals surface area contributed by atoms with Gasteiger partial charge >= 0.3 is 0 Å². The van der Waals surface area contributed by atoms with Crippen LogP contribution < -0.4 is 4.74 Å². The summed E-state index contributed by atoms with van der Waals surface area (Å²) in [5, 5.41) is 28.4. The van der Waals surface area contributed by atoms with Crippen molar-refractivity contribution in [3.63, 3.8) is 0 Å². The van der Waals surface area contributed by atoms with Crippen molar-refractivity contribution in [1.82, 2.24) is 0 Å². The van der Waals surface area contributed by atoms with E-state index in [4.69, 9.17) is 10.1 Å². The zero-order valence-electron chi connectivity index (χ0n) is 16.1. The Morgan fingerprint density at radius 2 is 1.93 bits per heavy atom. The lowest BCUT2D eigenvalue weighted by atomic mass is 9.78. The normalized spacial score (nSPS) is 18.0. The second-order valence-corrected chi connectivity index (χ2v) is 8.39. The highest BCUT2D eigenvalue weighted by Gasteiger charge is 2.37. The summed E-state index contributed by atoms with van der Waals surface area (Å²) in [6, 6.07) is 21.1.